The Balaban J connectivity index is 2.02. The number of benzene rings is 2. The number of carboxylic acid groups (broad SMARTS) is 1. The van der Waals surface area contributed by atoms with Gasteiger partial charge in [0.1, 0.15) is 5.82 Å². The Kier molecular flexibility index (Phi) is 6.52. The maximum absolute atomic E-state index is 13.5. The van der Waals surface area contributed by atoms with E-state index in [-0.39, 0.29) is 11.9 Å². The van der Waals surface area contributed by atoms with Gasteiger partial charge in [0.2, 0.25) is 0 Å². The molecule has 2 unspecified atom stereocenters. The van der Waals surface area contributed by atoms with Gasteiger partial charge in [-0.3, -0.25) is 9.69 Å². The van der Waals surface area contributed by atoms with Crippen LogP contribution in [0.15, 0.2) is 42.5 Å². The third-order valence-electron chi connectivity index (χ3n) is 5.16. The molecule has 150 valence electrons. The van der Waals surface area contributed by atoms with Crippen LogP contribution in [0.2, 0.25) is 0 Å². The van der Waals surface area contributed by atoms with Crippen molar-refractivity contribution in [3.05, 3.63) is 59.4 Å². The summed E-state index contributed by atoms with van der Waals surface area (Å²) in [5.41, 5.74) is 1.88. The van der Waals surface area contributed by atoms with Crippen molar-refractivity contribution in [3.63, 3.8) is 0 Å². The van der Waals surface area contributed by atoms with Crippen LogP contribution in [-0.2, 0) is 4.79 Å². The number of methoxy groups -OCH3 is 1. The molecule has 0 spiro atoms. The zero-order valence-corrected chi connectivity index (χ0v) is 16.2. The Morgan fingerprint density at radius 3 is 2.57 bits per heavy atom. The molecule has 0 amide bonds. The van der Waals surface area contributed by atoms with Gasteiger partial charge in [0.15, 0.2) is 11.5 Å². The van der Waals surface area contributed by atoms with Crippen LogP contribution in [0.1, 0.15) is 36.9 Å². The number of hydrogen-bond donors (Lipinski definition) is 1. The van der Waals surface area contributed by atoms with Crippen molar-refractivity contribution in [1.82, 2.24) is 4.90 Å². The number of halogens is 1. The molecule has 5 nitrogen and oxygen atoms in total. The molecule has 2 atom stereocenters. The van der Waals surface area contributed by atoms with Gasteiger partial charge in [-0.15, -0.1) is 0 Å². The van der Waals surface area contributed by atoms with Gasteiger partial charge in [-0.2, -0.15) is 0 Å². The molecule has 28 heavy (non-hydrogen) atoms. The fourth-order valence-electron chi connectivity index (χ4n) is 3.83. The van der Waals surface area contributed by atoms with Gasteiger partial charge in [-0.1, -0.05) is 18.2 Å². The van der Waals surface area contributed by atoms with E-state index < -0.39 is 11.9 Å². The van der Waals surface area contributed by atoms with Gasteiger partial charge in [-0.25, -0.2) is 4.39 Å². The summed E-state index contributed by atoms with van der Waals surface area (Å²) >= 11 is 0. The molecule has 0 radical (unpaired) electrons. The number of rotatable bonds is 7. The zero-order valence-electron chi connectivity index (χ0n) is 16.2. The first-order valence-corrected chi connectivity index (χ1v) is 9.56. The van der Waals surface area contributed by atoms with Crippen LogP contribution in [0.5, 0.6) is 11.5 Å². The topological polar surface area (TPSA) is 59.0 Å². The van der Waals surface area contributed by atoms with E-state index in [1.54, 1.807) is 19.2 Å². The first kappa shape index (κ1) is 20.1. The lowest BCUT2D eigenvalue weighted by Gasteiger charge is -2.37. The third kappa shape index (κ3) is 4.44. The molecule has 0 saturated carbocycles. The van der Waals surface area contributed by atoms with Crippen molar-refractivity contribution in [1.29, 1.82) is 0 Å². The number of ether oxygens (including phenoxy) is 2. The standard InChI is InChI=1S/C22H26FNO4/c1-3-28-20-13-16(8-11-19(20)27-2)21(15-6-9-18(23)10-7-15)24-12-4-5-17(14-24)22(25)26/h6-11,13,17,21H,3-5,12,14H2,1-2H3,(H,25,26). The molecule has 1 fully saturated rings. The Bertz CT molecular complexity index is 809. The van der Waals surface area contributed by atoms with Crippen molar-refractivity contribution in [3.8, 4) is 11.5 Å². The first-order chi connectivity index (χ1) is 13.5. The maximum atomic E-state index is 13.5. The number of piperidine rings is 1. The van der Waals surface area contributed by atoms with E-state index in [1.807, 2.05) is 25.1 Å². The number of likely N-dealkylation sites (tertiary alicyclic amines) is 1. The second-order valence-corrected chi connectivity index (χ2v) is 6.97. The van der Waals surface area contributed by atoms with Crippen molar-refractivity contribution in [2.24, 2.45) is 5.92 Å². The summed E-state index contributed by atoms with van der Waals surface area (Å²) in [5.74, 6) is -0.185. The lowest BCUT2D eigenvalue weighted by atomic mass is 9.91. The number of carboxylic acids is 1. The summed E-state index contributed by atoms with van der Waals surface area (Å²) in [6.07, 6.45) is 1.48. The van der Waals surface area contributed by atoms with Crippen LogP contribution < -0.4 is 9.47 Å². The first-order valence-electron chi connectivity index (χ1n) is 9.56. The number of carbonyl (C=O) groups is 1. The van der Waals surface area contributed by atoms with Crippen LogP contribution in [0.4, 0.5) is 4.39 Å². The molecule has 1 heterocycles. The molecular formula is C22H26FNO4. The number of nitrogens with zero attached hydrogens (tertiary/aromatic N) is 1. The molecule has 1 saturated heterocycles. The summed E-state index contributed by atoms with van der Waals surface area (Å²) in [7, 11) is 1.59. The van der Waals surface area contributed by atoms with E-state index in [2.05, 4.69) is 4.90 Å². The smallest absolute Gasteiger partial charge is 0.307 e. The molecular weight excluding hydrogens is 361 g/mol. The molecule has 6 heteroatoms. The summed E-state index contributed by atoms with van der Waals surface area (Å²) in [6, 6.07) is 12.0. The van der Waals surface area contributed by atoms with E-state index >= 15 is 0 Å². The van der Waals surface area contributed by atoms with Crippen LogP contribution in [-0.4, -0.2) is 42.8 Å². The Labute approximate surface area is 164 Å². The summed E-state index contributed by atoms with van der Waals surface area (Å²) < 4.78 is 24.6. The molecule has 3 rings (SSSR count). The fourth-order valence-corrected chi connectivity index (χ4v) is 3.83. The molecule has 0 aliphatic carbocycles. The zero-order chi connectivity index (χ0) is 20.1. The van der Waals surface area contributed by atoms with Crippen LogP contribution in [0.3, 0.4) is 0 Å². The van der Waals surface area contributed by atoms with Crippen LogP contribution in [0, 0.1) is 11.7 Å². The lowest BCUT2D eigenvalue weighted by molar-refractivity contribution is -0.143. The summed E-state index contributed by atoms with van der Waals surface area (Å²) in [6.45, 7) is 3.65. The monoisotopic (exact) mass is 387 g/mol. The largest absolute Gasteiger partial charge is 0.493 e. The lowest BCUT2D eigenvalue weighted by Crippen LogP contribution is -2.41. The minimum absolute atomic E-state index is 0.187. The predicted molar refractivity (Wildman–Crippen MR) is 104 cm³/mol. The highest BCUT2D eigenvalue weighted by Crippen LogP contribution is 2.37. The van der Waals surface area contributed by atoms with Crippen molar-refractivity contribution >= 4 is 5.97 Å². The van der Waals surface area contributed by atoms with Gasteiger partial charge in [0, 0.05) is 6.54 Å². The maximum Gasteiger partial charge on any atom is 0.307 e. The number of aliphatic carboxylic acids is 1. The highest BCUT2D eigenvalue weighted by molar-refractivity contribution is 5.70. The Morgan fingerprint density at radius 2 is 1.93 bits per heavy atom. The van der Waals surface area contributed by atoms with Crippen molar-refractivity contribution in [2.45, 2.75) is 25.8 Å². The number of hydrogen-bond acceptors (Lipinski definition) is 4. The predicted octanol–water partition coefficient (Wildman–Crippen LogP) is 4.12. The van der Waals surface area contributed by atoms with Gasteiger partial charge >= 0.3 is 5.97 Å². The van der Waals surface area contributed by atoms with E-state index in [1.165, 1.54) is 12.1 Å². The highest BCUT2D eigenvalue weighted by Gasteiger charge is 2.31. The quantitative estimate of drug-likeness (QED) is 0.775. The van der Waals surface area contributed by atoms with Crippen molar-refractivity contribution in [2.75, 3.05) is 26.8 Å². The average Bonchev–Trinajstić information content (AvgIpc) is 2.70. The average molecular weight is 387 g/mol. The van der Waals surface area contributed by atoms with Crippen LogP contribution >= 0.6 is 0 Å². The van der Waals surface area contributed by atoms with Gasteiger partial charge in [0.05, 0.1) is 25.7 Å². The molecule has 1 N–H and O–H groups in total. The fraction of sp³-hybridized carbons (Fsp3) is 0.409. The second kappa shape index (κ2) is 9.06. The molecule has 2 aromatic rings. The van der Waals surface area contributed by atoms with E-state index in [4.69, 9.17) is 9.47 Å². The third-order valence-corrected chi connectivity index (χ3v) is 5.16. The normalized spacial score (nSPS) is 18.5. The SMILES string of the molecule is CCOc1cc(C(c2ccc(F)cc2)N2CCCC(C(=O)O)C2)ccc1OC. The minimum Gasteiger partial charge on any atom is -0.493 e. The van der Waals surface area contributed by atoms with Gasteiger partial charge in [-0.05, 0) is 61.7 Å². The van der Waals surface area contributed by atoms with Crippen LogP contribution in [0.25, 0.3) is 0 Å². The Hall–Kier alpha value is -2.60. The van der Waals surface area contributed by atoms with E-state index in [0.717, 1.165) is 24.1 Å². The Morgan fingerprint density at radius 1 is 1.21 bits per heavy atom. The van der Waals surface area contributed by atoms with Gasteiger partial charge in [0.25, 0.3) is 0 Å². The molecule has 2 aromatic carbocycles. The second-order valence-electron chi connectivity index (χ2n) is 6.97. The molecule has 0 aromatic heterocycles. The highest BCUT2D eigenvalue weighted by atomic mass is 19.1. The van der Waals surface area contributed by atoms with Crippen molar-refractivity contribution < 1.29 is 23.8 Å². The van der Waals surface area contributed by atoms with E-state index in [9.17, 15) is 14.3 Å². The summed E-state index contributed by atoms with van der Waals surface area (Å²) in [4.78, 5) is 13.7. The summed E-state index contributed by atoms with van der Waals surface area (Å²) in [5, 5.41) is 9.48. The molecule has 1 aliphatic rings. The minimum atomic E-state index is -0.771. The van der Waals surface area contributed by atoms with Gasteiger partial charge < -0.3 is 14.6 Å². The van der Waals surface area contributed by atoms with E-state index in [0.29, 0.717) is 31.1 Å². The molecule has 1 aliphatic heterocycles. The molecule has 0 bridgehead atoms.